The Hall–Kier alpha value is -1.57. The number of nitrogens with zero attached hydrogens (tertiary/aromatic N) is 1. The van der Waals surface area contributed by atoms with Gasteiger partial charge in [-0.05, 0) is 36.1 Å². The molecule has 2 rings (SSSR count). The molecule has 8 heteroatoms. The fourth-order valence-corrected chi connectivity index (χ4v) is 3.88. The van der Waals surface area contributed by atoms with E-state index in [9.17, 15) is 13.2 Å². The third-order valence-corrected chi connectivity index (χ3v) is 5.71. The summed E-state index contributed by atoms with van der Waals surface area (Å²) in [6.45, 7) is 2.10. The van der Waals surface area contributed by atoms with Gasteiger partial charge in [0.2, 0.25) is 10.0 Å². The molecule has 1 aromatic carbocycles. The Morgan fingerprint density at radius 3 is 2.65 bits per heavy atom. The zero-order valence-electron chi connectivity index (χ0n) is 12.7. The SMILES string of the molecule is Cc1c(Cl)cccc1N(CCNC(=O)c1cccs1)S(C)(=O)=O. The fraction of sp³-hybridized carbons (Fsp3) is 0.267. The summed E-state index contributed by atoms with van der Waals surface area (Å²) in [5.74, 6) is -0.212. The standard InChI is InChI=1S/C15H17ClN2O3S2/c1-11-12(16)5-3-6-13(11)18(23(2,20)21)9-8-17-15(19)14-7-4-10-22-14/h3-7,10H,8-9H2,1-2H3,(H,17,19). The predicted molar refractivity (Wildman–Crippen MR) is 95.0 cm³/mol. The Balaban J connectivity index is 2.12. The number of carbonyl (C=O) groups excluding carboxylic acids is 1. The van der Waals surface area contributed by atoms with Gasteiger partial charge in [0.25, 0.3) is 5.91 Å². The number of carbonyl (C=O) groups is 1. The van der Waals surface area contributed by atoms with Gasteiger partial charge in [0.1, 0.15) is 0 Å². The number of thiophene rings is 1. The fourth-order valence-electron chi connectivity index (χ4n) is 2.10. The minimum atomic E-state index is -3.48. The molecular formula is C15H17ClN2O3S2. The second-order valence-corrected chi connectivity index (χ2v) is 8.21. The van der Waals surface area contributed by atoms with Crippen LogP contribution in [0, 0.1) is 6.92 Å². The van der Waals surface area contributed by atoms with Crippen molar-refractivity contribution in [2.24, 2.45) is 0 Å². The van der Waals surface area contributed by atoms with Gasteiger partial charge in [-0.3, -0.25) is 9.10 Å². The van der Waals surface area contributed by atoms with E-state index in [1.54, 1.807) is 37.3 Å². The van der Waals surface area contributed by atoms with E-state index in [0.717, 1.165) is 6.26 Å². The van der Waals surface area contributed by atoms with Crippen LogP contribution in [0.25, 0.3) is 0 Å². The van der Waals surface area contributed by atoms with E-state index in [2.05, 4.69) is 5.32 Å². The van der Waals surface area contributed by atoms with Gasteiger partial charge in [-0.15, -0.1) is 11.3 Å². The Labute approximate surface area is 144 Å². The van der Waals surface area contributed by atoms with Crippen LogP contribution in [0.5, 0.6) is 0 Å². The van der Waals surface area contributed by atoms with E-state index < -0.39 is 10.0 Å². The molecule has 5 nitrogen and oxygen atoms in total. The van der Waals surface area contributed by atoms with E-state index in [1.165, 1.54) is 15.6 Å². The molecule has 0 bridgehead atoms. The van der Waals surface area contributed by atoms with Crippen LogP contribution in [0.3, 0.4) is 0 Å². The Morgan fingerprint density at radius 2 is 2.04 bits per heavy atom. The molecule has 0 saturated carbocycles. The Morgan fingerprint density at radius 1 is 1.30 bits per heavy atom. The summed E-state index contributed by atoms with van der Waals surface area (Å²) in [6, 6.07) is 8.61. The van der Waals surface area contributed by atoms with Gasteiger partial charge in [0.05, 0.1) is 23.4 Å². The smallest absolute Gasteiger partial charge is 0.261 e. The van der Waals surface area contributed by atoms with Crippen molar-refractivity contribution in [2.75, 3.05) is 23.7 Å². The first-order valence-electron chi connectivity index (χ1n) is 6.85. The van der Waals surface area contributed by atoms with Crippen LogP contribution in [0.1, 0.15) is 15.2 Å². The normalized spacial score (nSPS) is 11.3. The van der Waals surface area contributed by atoms with E-state index in [-0.39, 0.29) is 19.0 Å². The average molecular weight is 373 g/mol. The third-order valence-electron chi connectivity index (χ3n) is 3.25. The van der Waals surface area contributed by atoms with Gasteiger partial charge < -0.3 is 5.32 Å². The van der Waals surface area contributed by atoms with Crippen LogP contribution in [0.15, 0.2) is 35.7 Å². The average Bonchev–Trinajstić information content (AvgIpc) is 3.00. The van der Waals surface area contributed by atoms with Crippen LogP contribution < -0.4 is 9.62 Å². The van der Waals surface area contributed by atoms with Gasteiger partial charge in [-0.2, -0.15) is 0 Å². The molecule has 124 valence electrons. The molecule has 0 radical (unpaired) electrons. The molecule has 0 aliphatic rings. The molecule has 0 atom stereocenters. The van der Waals surface area contributed by atoms with Crippen molar-refractivity contribution in [3.8, 4) is 0 Å². The zero-order chi connectivity index (χ0) is 17.0. The molecule has 2 aromatic rings. The highest BCUT2D eigenvalue weighted by atomic mass is 35.5. The topological polar surface area (TPSA) is 66.5 Å². The molecular weight excluding hydrogens is 356 g/mol. The first kappa shape index (κ1) is 17.8. The lowest BCUT2D eigenvalue weighted by Crippen LogP contribution is -2.38. The van der Waals surface area contributed by atoms with Gasteiger partial charge in [-0.1, -0.05) is 23.7 Å². The van der Waals surface area contributed by atoms with E-state index >= 15 is 0 Å². The molecule has 0 unspecified atom stereocenters. The molecule has 23 heavy (non-hydrogen) atoms. The van der Waals surface area contributed by atoms with Gasteiger partial charge in [0.15, 0.2) is 0 Å². The monoisotopic (exact) mass is 372 g/mol. The first-order valence-corrected chi connectivity index (χ1v) is 9.96. The lowest BCUT2D eigenvalue weighted by Gasteiger charge is -2.24. The number of nitrogens with one attached hydrogen (secondary N) is 1. The van der Waals surface area contributed by atoms with Crippen LogP contribution in [0.2, 0.25) is 5.02 Å². The Bertz CT molecular complexity index is 789. The van der Waals surface area contributed by atoms with Crippen LogP contribution in [-0.2, 0) is 10.0 Å². The minimum absolute atomic E-state index is 0.136. The quantitative estimate of drug-likeness (QED) is 0.847. The van der Waals surface area contributed by atoms with Crippen molar-refractivity contribution in [2.45, 2.75) is 6.92 Å². The lowest BCUT2D eigenvalue weighted by molar-refractivity contribution is 0.0959. The Kier molecular flexibility index (Phi) is 5.67. The van der Waals surface area contributed by atoms with Crippen molar-refractivity contribution in [1.29, 1.82) is 0 Å². The number of halogens is 1. The van der Waals surface area contributed by atoms with Crippen LogP contribution in [0.4, 0.5) is 5.69 Å². The van der Waals surface area contributed by atoms with E-state index in [4.69, 9.17) is 11.6 Å². The summed E-state index contributed by atoms with van der Waals surface area (Å²) in [5.41, 5.74) is 1.20. The number of amides is 1. The van der Waals surface area contributed by atoms with Gasteiger partial charge in [-0.25, -0.2) is 8.42 Å². The van der Waals surface area contributed by atoms with Crippen molar-refractivity contribution in [3.05, 3.63) is 51.2 Å². The minimum Gasteiger partial charge on any atom is -0.350 e. The van der Waals surface area contributed by atoms with Gasteiger partial charge >= 0.3 is 0 Å². The summed E-state index contributed by atoms with van der Waals surface area (Å²) >= 11 is 7.41. The molecule has 0 aliphatic carbocycles. The maximum absolute atomic E-state index is 12.1. The lowest BCUT2D eigenvalue weighted by atomic mass is 10.2. The maximum atomic E-state index is 12.1. The molecule has 1 N–H and O–H groups in total. The molecule has 0 saturated heterocycles. The largest absolute Gasteiger partial charge is 0.350 e. The molecule has 1 aromatic heterocycles. The summed E-state index contributed by atoms with van der Waals surface area (Å²) in [5, 5.41) is 5.04. The second kappa shape index (κ2) is 7.33. The molecule has 0 aliphatic heterocycles. The second-order valence-electron chi connectivity index (χ2n) is 4.95. The highest BCUT2D eigenvalue weighted by Crippen LogP contribution is 2.27. The zero-order valence-corrected chi connectivity index (χ0v) is 15.1. The third kappa shape index (κ3) is 4.46. The summed E-state index contributed by atoms with van der Waals surface area (Å²) in [4.78, 5) is 12.5. The van der Waals surface area contributed by atoms with Gasteiger partial charge in [0, 0.05) is 11.6 Å². The number of rotatable bonds is 6. The summed E-state index contributed by atoms with van der Waals surface area (Å²) < 4.78 is 25.4. The molecule has 1 heterocycles. The summed E-state index contributed by atoms with van der Waals surface area (Å²) in [7, 11) is -3.48. The van der Waals surface area contributed by atoms with Crippen molar-refractivity contribution >= 4 is 44.6 Å². The van der Waals surface area contributed by atoms with Crippen molar-refractivity contribution in [1.82, 2.24) is 5.32 Å². The molecule has 0 spiro atoms. The van der Waals surface area contributed by atoms with Crippen LogP contribution >= 0.6 is 22.9 Å². The number of benzene rings is 1. The van der Waals surface area contributed by atoms with Crippen molar-refractivity contribution < 1.29 is 13.2 Å². The first-order chi connectivity index (χ1) is 10.8. The summed E-state index contributed by atoms with van der Waals surface area (Å²) in [6.07, 6.45) is 1.13. The number of anilines is 1. The number of sulfonamides is 1. The highest BCUT2D eigenvalue weighted by molar-refractivity contribution is 7.92. The van der Waals surface area contributed by atoms with Crippen molar-refractivity contribution in [3.63, 3.8) is 0 Å². The van der Waals surface area contributed by atoms with Crippen LogP contribution in [-0.4, -0.2) is 33.7 Å². The maximum Gasteiger partial charge on any atom is 0.261 e. The van der Waals surface area contributed by atoms with E-state index in [1.807, 2.05) is 5.38 Å². The predicted octanol–water partition coefficient (Wildman–Crippen LogP) is 2.91. The number of hydrogen-bond acceptors (Lipinski definition) is 4. The number of hydrogen-bond donors (Lipinski definition) is 1. The molecule has 0 fully saturated rings. The highest BCUT2D eigenvalue weighted by Gasteiger charge is 2.20. The van der Waals surface area contributed by atoms with E-state index in [0.29, 0.717) is 21.2 Å². The molecule has 1 amide bonds.